The van der Waals surface area contributed by atoms with E-state index in [4.69, 9.17) is 21.1 Å². The van der Waals surface area contributed by atoms with Crippen molar-refractivity contribution in [1.82, 2.24) is 0 Å². The van der Waals surface area contributed by atoms with Crippen molar-refractivity contribution in [3.8, 4) is 5.75 Å². The van der Waals surface area contributed by atoms with Crippen molar-refractivity contribution in [2.75, 3.05) is 0 Å². The van der Waals surface area contributed by atoms with Gasteiger partial charge < -0.3 is 9.47 Å². The van der Waals surface area contributed by atoms with E-state index in [2.05, 4.69) is 0 Å². The molecular formula is C16H15ClO3. The molecule has 4 heteroatoms. The first-order valence-electron chi connectivity index (χ1n) is 6.22. The number of ether oxygens (including phenoxy) is 2. The monoisotopic (exact) mass is 290 g/mol. The van der Waals surface area contributed by atoms with Crippen LogP contribution in [0.1, 0.15) is 12.5 Å². The molecule has 0 amide bonds. The summed E-state index contributed by atoms with van der Waals surface area (Å²) in [7, 11) is 0. The molecule has 0 saturated heterocycles. The van der Waals surface area contributed by atoms with E-state index in [-0.39, 0.29) is 6.61 Å². The molecule has 0 heterocycles. The average Bonchev–Trinajstić information content (AvgIpc) is 2.46. The Labute approximate surface area is 123 Å². The van der Waals surface area contributed by atoms with Crippen LogP contribution in [0.25, 0.3) is 0 Å². The molecule has 0 aliphatic carbocycles. The van der Waals surface area contributed by atoms with E-state index in [9.17, 15) is 4.79 Å². The van der Waals surface area contributed by atoms with Crippen molar-refractivity contribution in [3.63, 3.8) is 0 Å². The lowest BCUT2D eigenvalue weighted by atomic mass is 10.2. The van der Waals surface area contributed by atoms with Crippen LogP contribution in [0, 0.1) is 0 Å². The van der Waals surface area contributed by atoms with Crippen molar-refractivity contribution >= 4 is 17.6 Å². The summed E-state index contributed by atoms with van der Waals surface area (Å²) in [5.74, 6) is -0.103. The first-order chi connectivity index (χ1) is 9.58. The van der Waals surface area contributed by atoms with Crippen LogP contribution in [0.4, 0.5) is 0 Å². The summed E-state index contributed by atoms with van der Waals surface area (Å²) in [5, 5.41) is -1.55. The fraction of sp³-hybridized carbons (Fsp3) is 0.188. The molecule has 0 aliphatic heterocycles. The third-order valence-corrected chi connectivity index (χ3v) is 2.86. The number of benzene rings is 2. The zero-order chi connectivity index (χ0) is 14.4. The van der Waals surface area contributed by atoms with Crippen molar-refractivity contribution in [3.05, 3.63) is 66.2 Å². The van der Waals surface area contributed by atoms with E-state index < -0.39 is 11.0 Å². The van der Waals surface area contributed by atoms with Gasteiger partial charge in [0.05, 0.1) is 0 Å². The number of halogens is 1. The molecular weight excluding hydrogens is 276 g/mol. The van der Waals surface area contributed by atoms with E-state index in [0.29, 0.717) is 5.75 Å². The van der Waals surface area contributed by atoms with E-state index >= 15 is 0 Å². The highest BCUT2D eigenvalue weighted by atomic mass is 35.5. The number of hydrogen-bond donors (Lipinski definition) is 0. The number of carbonyl (C=O) groups excluding carboxylic acids is 1. The average molecular weight is 291 g/mol. The normalized spacial score (nSPS) is 13.3. The van der Waals surface area contributed by atoms with Crippen LogP contribution < -0.4 is 4.74 Å². The fourth-order valence-electron chi connectivity index (χ4n) is 1.60. The van der Waals surface area contributed by atoms with E-state index in [1.807, 2.05) is 36.4 Å². The smallest absolute Gasteiger partial charge is 0.366 e. The lowest BCUT2D eigenvalue weighted by molar-refractivity contribution is -0.155. The molecule has 0 aromatic heterocycles. The molecule has 0 bridgehead atoms. The molecule has 20 heavy (non-hydrogen) atoms. The van der Waals surface area contributed by atoms with Crippen LogP contribution in [0.3, 0.4) is 0 Å². The Kier molecular flexibility index (Phi) is 4.64. The first kappa shape index (κ1) is 14.4. The zero-order valence-corrected chi connectivity index (χ0v) is 11.8. The Morgan fingerprint density at radius 1 is 1.05 bits per heavy atom. The molecule has 3 nitrogen and oxygen atoms in total. The molecule has 2 aromatic carbocycles. The maximum absolute atomic E-state index is 12.0. The largest absolute Gasteiger partial charge is 0.461 e. The quantitative estimate of drug-likeness (QED) is 0.621. The summed E-state index contributed by atoms with van der Waals surface area (Å²) in [5.41, 5.74) is 0.896. The minimum absolute atomic E-state index is 0.167. The lowest BCUT2D eigenvalue weighted by Crippen LogP contribution is -2.37. The van der Waals surface area contributed by atoms with E-state index in [1.165, 1.54) is 6.92 Å². The molecule has 0 radical (unpaired) electrons. The predicted molar refractivity (Wildman–Crippen MR) is 77.6 cm³/mol. The lowest BCUT2D eigenvalue weighted by Gasteiger charge is -2.21. The summed E-state index contributed by atoms with van der Waals surface area (Å²) in [4.78, 5) is 12.0. The third-order valence-electron chi connectivity index (χ3n) is 2.63. The summed E-state index contributed by atoms with van der Waals surface area (Å²) >= 11 is 6.09. The van der Waals surface area contributed by atoms with Gasteiger partial charge in [0.15, 0.2) is 0 Å². The maximum atomic E-state index is 12.0. The zero-order valence-electron chi connectivity index (χ0n) is 11.1. The number of hydrogen-bond acceptors (Lipinski definition) is 3. The van der Waals surface area contributed by atoms with E-state index in [0.717, 1.165) is 5.56 Å². The standard InChI is InChI=1S/C16H15ClO3/c1-16(17,20-14-10-6-3-7-11-14)15(18)19-12-13-8-4-2-5-9-13/h2-11H,12H2,1H3. The maximum Gasteiger partial charge on any atom is 0.366 e. The van der Waals surface area contributed by atoms with Gasteiger partial charge in [-0.1, -0.05) is 60.1 Å². The number of para-hydroxylation sites is 1. The van der Waals surface area contributed by atoms with Gasteiger partial charge in [-0.2, -0.15) is 0 Å². The van der Waals surface area contributed by atoms with Crippen molar-refractivity contribution < 1.29 is 14.3 Å². The van der Waals surface area contributed by atoms with Gasteiger partial charge in [0.2, 0.25) is 0 Å². The second-order valence-corrected chi connectivity index (χ2v) is 5.11. The highest BCUT2D eigenvalue weighted by Crippen LogP contribution is 2.23. The minimum Gasteiger partial charge on any atom is -0.461 e. The summed E-state index contributed by atoms with van der Waals surface area (Å²) in [6, 6.07) is 18.3. The Morgan fingerprint density at radius 3 is 2.20 bits per heavy atom. The molecule has 0 N–H and O–H groups in total. The molecule has 0 spiro atoms. The van der Waals surface area contributed by atoms with Gasteiger partial charge in [-0.25, -0.2) is 4.79 Å². The molecule has 0 aliphatic rings. The van der Waals surface area contributed by atoms with Crippen molar-refractivity contribution in [2.24, 2.45) is 0 Å². The number of alkyl halides is 1. The van der Waals surface area contributed by atoms with Crippen molar-refractivity contribution in [2.45, 2.75) is 18.6 Å². The molecule has 0 fully saturated rings. The Bertz CT molecular complexity index is 552. The van der Waals surface area contributed by atoms with Crippen molar-refractivity contribution in [1.29, 1.82) is 0 Å². The number of carbonyl (C=O) groups is 1. The molecule has 2 aromatic rings. The molecule has 104 valence electrons. The first-order valence-corrected chi connectivity index (χ1v) is 6.60. The SMILES string of the molecule is CC(Cl)(Oc1ccccc1)C(=O)OCc1ccccc1. The Balaban J connectivity index is 1.93. The number of esters is 1. The Hall–Kier alpha value is -2.00. The summed E-state index contributed by atoms with van der Waals surface area (Å²) in [6.45, 7) is 1.63. The van der Waals surface area contributed by atoms with Gasteiger partial charge in [-0.3, -0.25) is 0 Å². The molecule has 2 rings (SSSR count). The highest BCUT2D eigenvalue weighted by molar-refractivity contribution is 6.32. The van der Waals surface area contributed by atoms with Gasteiger partial charge in [0.1, 0.15) is 12.4 Å². The van der Waals surface area contributed by atoms with Crippen LogP contribution in [0.2, 0.25) is 0 Å². The molecule has 1 unspecified atom stereocenters. The van der Waals surface area contributed by atoms with Crippen LogP contribution in [-0.2, 0) is 16.1 Å². The van der Waals surface area contributed by atoms with Gasteiger partial charge in [0.25, 0.3) is 5.06 Å². The van der Waals surface area contributed by atoms with E-state index in [1.54, 1.807) is 24.3 Å². The van der Waals surface area contributed by atoms with Crippen LogP contribution in [-0.4, -0.2) is 11.0 Å². The Morgan fingerprint density at radius 2 is 1.60 bits per heavy atom. The summed E-state index contributed by atoms with van der Waals surface area (Å²) < 4.78 is 10.6. The second-order valence-electron chi connectivity index (χ2n) is 4.39. The van der Waals surface area contributed by atoms with Gasteiger partial charge in [0, 0.05) is 6.92 Å². The van der Waals surface area contributed by atoms with Crippen LogP contribution >= 0.6 is 11.6 Å². The third kappa shape index (κ3) is 4.00. The van der Waals surface area contributed by atoms with Gasteiger partial charge >= 0.3 is 5.97 Å². The van der Waals surface area contributed by atoms with Crippen LogP contribution in [0.5, 0.6) is 5.75 Å². The summed E-state index contributed by atoms with van der Waals surface area (Å²) in [6.07, 6.45) is 0. The molecule has 1 atom stereocenters. The fourth-order valence-corrected chi connectivity index (χ4v) is 1.75. The topological polar surface area (TPSA) is 35.5 Å². The number of rotatable bonds is 5. The second kappa shape index (κ2) is 6.44. The van der Waals surface area contributed by atoms with Gasteiger partial charge in [-0.05, 0) is 17.7 Å². The highest BCUT2D eigenvalue weighted by Gasteiger charge is 2.35. The predicted octanol–water partition coefficient (Wildman–Crippen LogP) is 3.76. The minimum atomic E-state index is -1.55. The van der Waals surface area contributed by atoms with Gasteiger partial charge in [-0.15, -0.1) is 0 Å². The van der Waals surface area contributed by atoms with Crippen LogP contribution in [0.15, 0.2) is 60.7 Å². The molecule has 0 saturated carbocycles.